The number of aryl methyl sites for hydroxylation is 3. The molecule has 0 fully saturated rings. The van der Waals surface area contributed by atoms with Gasteiger partial charge in [0.2, 0.25) is 0 Å². The lowest BCUT2D eigenvalue weighted by molar-refractivity contribution is -0.118. The number of anilines is 1. The van der Waals surface area contributed by atoms with Crippen LogP contribution in [-0.4, -0.2) is 26.2 Å². The van der Waals surface area contributed by atoms with E-state index in [0.717, 1.165) is 16.7 Å². The van der Waals surface area contributed by atoms with Gasteiger partial charge in [-0.05, 0) is 44.0 Å². The third kappa shape index (κ3) is 5.08. The number of methoxy groups -OCH3 is 1. The Labute approximate surface area is 150 Å². The molecule has 0 aliphatic carbocycles. The van der Waals surface area contributed by atoms with E-state index in [-0.39, 0.29) is 18.1 Å². The van der Waals surface area contributed by atoms with Crippen LogP contribution in [0.25, 0.3) is 0 Å². The third-order valence-corrected chi connectivity index (χ3v) is 3.62. The molecule has 0 spiro atoms. The predicted molar refractivity (Wildman–Crippen MR) is 94.4 cm³/mol. The fourth-order valence-corrected chi connectivity index (χ4v) is 2.67. The number of rotatable bonds is 7. The largest absolute Gasteiger partial charge is 0.493 e. The summed E-state index contributed by atoms with van der Waals surface area (Å²) < 4.78 is 39.9. The highest BCUT2D eigenvalue weighted by molar-refractivity contribution is 5.92. The Bertz CT molecular complexity index is 770. The zero-order valence-electron chi connectivity index (χ0n) is 15.1. The molecular weight excluding hydrogens is 344 g/mol. The van der Waals surface area contributed by atoms with Crippen LogP contribution in [0.2, 0.25) is 0 Å². The first-order valence-corrected chi connectivity index (χ1v) is 7.93. The van der Waals surface area contributed by atoms with Crippen molar-refractivity contribution in [3.05, 3.63) is 47.0 Å². The molecule has 26 heavy (non-hydrogen) atoms. The van der Waals surface area contributed by atoms with E-state index in [1.54, 1.807) is 0 Å². The van der Waals surface area contributed by atoms with E-state index in [4.69, 9.17) is 9.47 Å². The van der Waals surface area contributed by atoms with E-state index in [1.165, 1.54) is 25.3 Å². The molecule has 0 heterocycles. The number of halogens is 2. The molecule has 5 nitrogen and oxygen atoms in total. The van der Waals surface area contributed by atoms with Gasteiger partial charge in [-0.3, -0.25) is 4.79 Å². The van der Waals surface area contributed by atoms with Gasteiger partial charge in [-0.1, -0.05) is 17.7 Å². The summed E-state index contributed by atoms with van der Waals surface area (Å²) in [7, 11) is 1.34. The lowest BCUT2D eigenvalue weighted by Gasteiger charge is -2.14. The van der Waals surface area contributed by atoms with Crippen LogP contribution in [0.1, 0.15) is 16.7 Å². The predicted octanol–water partition coefficient (Wildman–Crippen LogP) is 4.24. The summed E-state index contributed by atoms with van der Waals surface area (Å²) in [6.07, 6.45) is 0. The summed E-state index contributed by atoms with van der Waals surface area (Å²) in [5, 5.41) is 2.58. The average molecular weight is 365 g/mol. The van der Waals surface area contributed by atoms with Gasteiger partial charge >= 0.3 is 6.61 Å². The second-order valence-corrected chi connectivity index (χ2v) is 5.81. The quantitative estimate of drug-likeness (QED) is 0.797. The highest BCUT2D eigenvalue weighted by Crippen LogP contribution is 2.31. The number of carbonyl (C=O) groups excluding carboxylic acids is 1. The molecule has 0 aliphatic heterocycles. The van der Waals surface area contributed by atoms with Gasteiger partial charge in [0, 0.05) is 11.8 Å². The SMILES string of the molecule is COc1ccc(NC(=O)COc2c(C)cc(C)cc2C)cc1OC(F)F. The number of nitrogens with one attached hydrogen (secondary N) is 1. The van der Waals surface area contributed by atoms with Crippen LogP contribution in [0.15, 0.2) is 30.3 Å². The maximum atomic E-state index is 12.5. The van der Waals surface area contributed by atoms with Crippen LogP contribution in [0.3, 0.4) is 0 Å². The molecule has 0 atom stereocenters. The van der Waals surface area contributed by atoms with Crippen molar-refractivity contribution in [1.82, 2.24) is 0 Å². The monoisotopic (exact) mass is 365 g/mol. The fourth-order valence-electron chi connectivity index (χ4n) is 2.67. The van der Waals surface area contributed by atoms with Gasteiger partial charge in [-0.25, -0.2) is 0 Å². The van der Waals surface area contributed by atoms with E-state index in [0.29, 0.717) is 11.4 Å². The van der Waals surface area contributed by atoms with Crippen LogP contribution < -0.4 is 19.5 Å². The molecule has 2 aromatic carbocycles. The Kier molecular flexibility index (Phi) is 6.38. The summed E-state index contributed by atoms with van der Waals surface area (Å²) >= 11 is 0. The molecule has 1 N–H and O–H groups in total. The first-order valence-electron chi connectivity index (χ1n) is 7.93. The van der Waals surface area contributed by atoms with Gasteiger partial charge in [-0.2, -0.15) is 8.78 Å². The minimum Gasteiger partial charge on any atom is -0.493 e. The lowest BCUT2D eigenvalue weighted by atomic mass is 10.1. The highest BCUT2D eigenvalue weighted by atomic mass is 19.3. The minimum atomic E-state index is -2.99. The van der Waals surface area contributed by atoms with E-state index < -0.39 is 12.5 Å². The van der Waals surface area contributed by atoms with Crippen molar-refractivity contribution in [3.8, 4) is 17.2 Å². The van der Waals surface area contributed by atoms with Crippen LogP contribution in [-0.2, 0) is 4.79 Å². The minimum absolute atomic E-state index is 0.144. The van der Waals surface area contributed by atoms with E-state index in [1.807, 2.05) is 32.9 Å². The zero-order valence-corrected chi connectivity index (χ0v) is 15.1. The van der Waals surface area contributed by atoms with Crippen molar-refractivity contribution < 1.29 is 27.8 Å². The zero-order chi connectivity index (χ0) is 19.3. The number of amides is 1. The van der Waals surface area contributed by atoms with E-state index in [9.17, 15) is 13.6 Å². The van der Waals surface area contributed by atoms with Gasteiger partial charge < -0.3 is 19.5 Å². The molecule has 2 aromatic rings. The summed E-state index contributed by atoms with van der Waals surface area (Å²) in [6.45, 7) is 2.60. The smallest absolute Gasteiger partial charge is 0.387 e. The molecule has 0 saturated carbocycles. The number of ether oxygens (including phenoxy) is 3. The maximum Gasteiger partial charge on any atom is 0.387 e. The summed E-state index contributed by atoms with van der Waals surface area (Å²) in [5.74, 6) is 0.219. The first-order chi connectivity index (χ1) is 12.3. The third-order valence-electron chi connectivity index (χ3n) is 3.62. The Morgan fingerprint density at radius 1 is 1.08 bits per heavy atom. The van der Waals surface area contributed by atoms with Crippen LogP contribution in [0.4, 0.5) is 14.5 Å². The topological polar surface area (TPSA) is 56.8 Å². The Hall–Kier alpha value is -2.83. The Morgan fingerprint density at radius 3 is 2.31 bits per heavy atom. The molecule has 0 radical (unpaired) electrons. The van der Waals surface area contributed by atoms with Crippen molar-refractivity contribution in [3.63, 3.8) is 0 Å². The van der Waals surface area contributed by atoms with Crippen LogP contribution >= 0.6 is 0 Å². The molecule has 2 rings (SSSR count). The van der Waals surface area contributed by atoms with E-state index in [2.05, 4.69) is 10.1 Å². The van der Waals surface area contributed by atoms with Crippen molar-refractivity contribution >= 4 is 11.6 Å². The summed E-state index contributed by atoms with van der Waals surface area (Å²) in [5.41, 5.74) is 3.29. The number of hydrogen-bond acceptors (Lipinski definition) is 4. The fraction of sp³-hybridized carbons (Fsp3) is 0.316. The van der Waals surface area contributed by atoms with Crippen LogP contribution in [0, 0.1) is 20.8 Å². The normalized spacial score (nSPS) is 10.6. The Balaban J connectivity index is 2.04. The second-order valence-electron chi connectivity index (χ2n) is 5.81. The number of hydrogen-bond donors (Lipinski definition) is 1. The molecule has 0 saturated heterocycles. The van der Waals surface area contributed by atoms with Crippen molar-refractivity contribution in [2.24, 2.45) is 0 Å². The van der Waals surface area contributed by atoms with Gasteiger partial charge in [0.1, 0.15) is 5.75 Å². The summed E-state index contributed by atoms with van der Waals surface area (Å²) in [4.78, 5) is 12.1. The molecule has 0 bridgehead atoms. The Morgan fingerprint density at radius 2 is 1.73 bits per heavy atom. The van der Waals surface area contributed by atoms with Crippen molar-refractivity contribution in [1.29, 1.82) is 0 Å². The molecule has 0 aliphatic rings. The highest BCUT2D eigenvalue weighted by Gasteiger charge is 2.13. The standard InChI is InChI=1S/C19H21F2NO4/c1-11-7-12(2)18(13(3)8-11)25-10-17(23)22-14-5-6-15(24-4)16(9-14)26-19(20)21/h5-9,19H,10H2,1-4H3,(H,22,23). The van der Waals surface area contributed by atoms with Gasteiger partial charge in [0.15, 0.2) is 18.1 Å². The molecule has 0 unspecified atom stereocenters. The number of benzene rings is 2. The molecular formula is C19H21F2NO4. The molecule has 1 amide bonds. The lowest BCUT2D eigenvalue weighted by Crippen LogP contribution is -2.20. The van der Waals surface area contributed by atoms with Gasteiger partial charge in [0.05, 0.1) is 7.11 Å². The second kappa shape index (κ2) is 8.51. The number of alkyl halides is 2. The van der Waals surface area contributed by atoms with Crippen LogP contribution in [0.5, 0.6) is 17.2 Å². The van der Waals surface area contributed by atoms with Gasteiger partial charge in [-0.15, -0.1) is 0 Å². The number of carbonyl (C=O) groups is 1. The van der Waals surface area contributed by atoms with Crippen molar-refractivity contribution in [2.45, 2.75) is 27.4 Å². The van der Waals surface area contributed by atoms with Crippen molar-refractivity contribution in [2.75, 3.05) is 19.0 Å². The average Bonchev–Trinajstić information content (AvgIpc) is 2.53. The van der Waals surface area contributed by atoms with Gasteiger partial charge in [0.25, 0.3) is 5.91 Å². The molecule has 7 heteroatoms. The summed E-state index contributed by atoms with van der Waals surface area (Å²) in [6, 6.07) is 8.17. The molecule has 0 aromatic heterocycles. The van der Waals surface area contributed by atoms with E-state index >= 15 is 0 Å². The molecule has 140 valence electrons. The maximum absolute atomic E-state index is 12.5. The first kappa shape index (κ1) is 19.5.